The summed E-state index contributed by atoms with van der Waals surface area (Å²) in [6.07, 6.45) is -10.8. The van der Waals surface area contributed by atoms with Crippen molar-refractivity contribution < 1.29 is 118 Å². The molecule has 490 valence electrons. The topological polar surface area (TPSA) is 554 Å². The van der Waals surface area contributed by atoms with E-state index in [-0.39, 0.29) is 51.7 Å². The molecule has 36 nitrogen and oxygen atoms in total. The Morgan fingerprint density at radius 3 is 1.53 bits per heavy atom. The Bertz CT molecular complexity index is 2510. The maximum Gasteiger partial charge on any atom is 0.328 e. The number of ether oxygens (including phenoxy) is 2. The fourth-order valence-electron chi connectivity index (χ4n) is 10.2. The molecule has 0 aliphatic carbocycles. The zero-order chi connectivity index (χ0) is 65.3. The summed E-state index contributed by atoms with van der Waals surface area (Å²) in [6, 6.07) is -17.1. The van der Waals surface area contributed by atoms with Gasteiger partial charge in [0.05, 0.1) is 57.7 Å². The molecule has 18 atom stereocenters. The van der Waals surface area contributed by atoms with Gasteiger partial charge >= 0.3 is 11.9 Å². The van der Waals surface area contributed by atoms with Gasteiger partial charge in [0, 0.05) is 19.6 Å². The quantitative estimate of drug-likeness (QED) is 0.0318. The SMILES string of the molecule is C[C@H](NC(=O)[C@H](CO)NC(=O)[C@@H](N)[C@@H](C)O)C(=O)N1CCC[C@H]1C(=O)N[C@@H](CC(=O)O)C(=O)N[C@H](C(=O)N1CCC[C@H]1C(=O)N[C@@H](C)C(=O)N1CCC[C@H]1C(=O)NCC(=O)N[C@@H](CO)C(=O)N[C@H](C(=O)O)[C@@H](C)O)[C@@H](C)O[C@H]1CO[C@H](CO)[C@H](O)[C@@H]1O. The fraction of sp³-hybridized carbons (Fsp3) is 0.745. The maximum absolute atomic E-state index is 14.8. The van der Waals surface area contributed by atoms with E-state index in [2.05, 4.69) is 37.2 Å². The Labute approximate surface area is 497 Å². The van der Waals surface area contributed by atoms with E-state index in [4.69, 9.17) is 15.2 Å². The number of carbonyl (C=O) groups excluding carboxylic acids is 11. The number of nitrogens with one attached hydrogen (secondary N) is 8. The minimum atomic E-state index is -1.99. The molecule has 19 N–H and O–H groups in total. The number of hydrogen-bond acceptors (Lipinski definition) is 23. The molecule has 4 saturated heterocycles. The number of nitrogens with zero attached hydrogens (tertiary/aromatic N) is 3. The Balaban J connectivity index is 1.49. The van der Waals surface area contributed by atoms with E-state index in [0.29, 0.717) is 6.42 Å². The van der Waals surface area contributed by atoms with Gasteiger partial charge < -0.3 is 118 Å². The lowest BCUT2D eigenvalue weighted by Crippen LogP contribution is -2.63. The molecule has 4 aliphatic rings. The normalized spacial score (nSPS) is 24.8. The molecule has 11 amide bonds. The summed E-state index contributed by atoms with van der Waals surface area (Å²) in [6.45, 7) is 2.04. The van der Waals surface area contributed by atoms with E-state index in [1.165, 1.54) is 27.7 Å². The molecule has 0 aromatic rings. The number of hydrogen-bond donors (Lipinski definition) is 18. The van der Waals surface area contributed by atoms with Crippen LogP contribution >= 0.6 is 0 Å². The monoisotopic (exact) mass is 1250 g/mol. The van der Waals surface area contributed by atoms with Crippen LogP contribution in [0, 0.1) is 0 Å². The van der Waals surface area contributed by atoms with E-state index < -0.39 is 225 Å². The van der Waals surface area contributed by atoms with Crippen molar-refractivity contribution in [2.75, 3.05) is 52.6 Å². The minimum absolute atomic E-state index is 0.0114. The van der Waals surface area contributed by atoms with Crippen LogP contribution in [0.2, 0.25) is 0 Å². The highest BCUT2D eigenvalue weighted by Gasteiger charge is 2.47. The molecule has 4 aliphatic heterocycles. The largest absolute Gasteiger partial charge is 0.481 e. The predicted octanol–water partition coefficient (Wildman–Crippen LogP) is -11.0. The number of aliphatic carboxylic acids is 2. The molecule has 0 saturated carbocycles. The van der Waals surface area contributed by atoms with E-state index in [1.807, 2.05) is 5.32 Å². The van der Waals surface area contributed by atoms with Crippen molar-refractivity contribution in [3.63, 3.8) is 0 Å². The van der Waals surface area contributed by atoms with Crippen molar-refractivity contribution in [2.45, 2.75) is 189 Å². The van der Waals surface area contributed by atoms with E-state index in [1.54, 1.807) is 0 Å². The number of rotatable bonds is 30. The Morgan fingerprint density at radius 1 is 0.563 bits per heavy atom. The molecular weight excluding hydrogens is 1160 g/mol. The molecule has 0 aromatic carbocycles. The number of aliphatic hydroxyl groups is 7. The predicted molar refractivity (Wildman–Crippen MR) is 291 cm³/mol. The number of carbonyl (C=O) groups is 13. The zero-order valence-corrected chi connectivity index (χ0v) is 48.6. The van der Waals surface area contributed by atoms with Gasteiger partial charge in [-0.25, -0.2) is 4.79 Å². The van der Waals surface area contributed by atoms with Crippen LogP contribution < -0.4 is 48.3 Å². The van der Waals surface area contributed by atoms with Crippen LogP contribution in [0.15, 0.2) is 0 Å². The average Bonchev–Trinajstić information content (AvgIpc) is 3.91. The zero-order valence-electron chi connectivity index (χ0n) is 48.6. The van der Waals surface area contributed by atoms with Crippen LogP contribution in [0.3, 0.4) is 0 Å². The second-order valence-corrected chi connectivity index (χ2v) is 21.7. The van der Waals surface area contributed by atoms with Gasteiger partial charge in [-0.1, -0.05) is 0 Å². The summed E-state index contributed by atoms with van der Waals surface area (Å²) in [5.74, 6) is -14.1. The lowest BCUT2D eigenvalue weighted by molar-refractivity contribution is -0.220. The summed E-state index contributed by atoms with van der Waals surface area (Å²) >= 11 is 0. The summed E-state index contributed by atoms with van der Waals surface area (Å²) in [7, 11) is 0. The van der Waals surface area contributed by atoms with Gasteiger partial charge in [0.2, 0.25) is 65.0 Å². The summed E-state index contributed by atoms with van der Waals surface area (Å²) < 4.78 is 11.4. The third-order valence-electron chi connectivity index (χ3n) is 15.1. The summed E-state index contributed by atoms with van der Waals surface area (Å²) in [5, 5.41) is 107. The molecule has 4 rings (SSSR count). The van der Waals surface area contributed by atoms with Crippen molar-refractivity contribution in [3.8, 4) is 0 Å². The number of likely N-dealkylation sites (tertiary alicyclic amines) is 3. The standard InChI is InChI=1S/C51H82N12O24/c1-21(54-42(75)28(18-65)58-47(80)36(52)23(3)67)48(81)62-13-7-11-31(62)46(79)57-26(15-35(70)71)41(74)60-38(25(5)87-33-20-86-32(19-66)39(72)40(33)73)50(83)63-14-8-10-30(63)45(78)55-22(2)49(82)61-12-6-9-29(61)44(77)53-16-34(69)56-27(17-64)43(76)59-37(24(4)68)51(84)85/h21-33,36-40,64-68,72-73H,6-20,52H2,1-5H3,(H,53,77)(H,54,75)(H,55,78)(H,56,69)(H,57,79)(H,58,80)(H,59,76)(H,60,74)(H,70,71)(H,84,85)/t21-,22-,23+,24+,25+,26-,27-,28-,29-,30-,31-,32+,33-,36-,37-,38-,39-,40+/m0/s1. The van der Waals surface area contributed by atoms with Crippen molar-refractivity contribution in [1.82, 2.24) is 57.2 Å². The van der Waals surface area contributed by atoms with Gasteiger partial charge in [-0.05, 0) is 73.1 Å². The molecule has 0 spiro atoms. The first-order valence-electron chi connectivity index (χ1n) is 28.2. The van der Waals surface area contributed by atoms with Crippen LogP contribution in [0.5, 0.6) is 0 Å². The smallest absolute Gasteiger partial charge is 0.328 e. The van der Waals surface area contributed by atoms with Gasteiger partial charge in [0.1, 0.15) is 84.8 Å². The Hall–Kier alpha value is -7.29. The second kappa shape index (κ2) is 33.2. The fourth-order valence-corrected chi connectivity index (χ4v) is 10.2. The maximum atomic E-state index is 14.8. The van der Waals surface area contributed by atoms with Gasteiger partial charge in [-0.3, -0.25) is 57.5 Å². The van der Waals surface area contributed by atoms with Crippen molar-refractivity contribution >= 4 is 76.9 Å². The number of nitrogens with two attached hydrogens (primary N) is 1. The minimum Gasteiger partial charge on any atom is -0.481 e. The van der Waals surface area contributed by atoms with E-state index >= 15 is 0 Å². The highest BCUT2D eigenvalue weighted by Crippen LogP contribution is 2.25. The Kier molecular flexibility index (Phi) is 27.5. The van der Waals surface area contributed by atoms with E-state index in [9.17, 15) is 108 Å². The molecule has 4 heterocycles. The van der Waals surface area contributed by atoms with Crippen LogP contribution in [0.1, 0.15) is 79.6 Å². The molecule has 0 aromatic heterocycles. The molecular formula is C51H82N12O24. The number of aliphatic hydroxyl groups excluding tert-OH is 7. The van der Waals surface area contributed by atoms with Crippen LogP contribution in [0.25, 0.3) is 0 Å². The van der Waals surface area contributed by atoms with Gasteiger partial charge in [-0.2, -0.15) is 0 Å². The Morgan fingerprint density at radius 2 is 1.03 bits per heavy atom. The number of carboxylic acid groups (broad SMARTS) is 2. The summed E-state index contributed by atoms with van der Waals surface area (Å²) in [4.78, 5) is 176. The molecule has 87 heavy (non-hydrogen) atoms. The average molecular weight is 1250 g/mol. The van der Waals surface area contributed by atoms with Gasteiger partial charge in [0.25, 0.3) is 0 Å². The van der Waals surface area contributed by atoms with E-state index in [0.717, 1.165) is 21.6 Å². The first kappa shape index (κ1) is 72.2. The molecule has 0 radical (unpaired) electrons. The first-order chi connectivity index (χ1) is 40.9. The lowest BCUT2D eigenvalue weighted by Gasteiger charge is -2.39. The highest BCUT2D eigenvalue weighted by molar-refractivity contribution is 6.00. The molecule has 0 bridgehead atoms. The molecule has 4 fully saturated rings. The van der Waals surface area contributed by atoms with Crippen LogP contribution in [0.4, 0.5) is 0 Å². The number of carboxylic acids is 2. The third-order valence-corrected chi connectivity index (χ3v) is 15.1. The second-order valence-electron chi connectivity index (χ2n) is 21.7. The van der Waals surface area contributed by atoms with Crippen LogP contribution in [-0.4, -0.2) is 299 Å². The summed E-state index contributed by atoms with van der Waals surface area (Å²) in [5.41, 5.74) is 5.60. The lowest BCUT2D eigenvalue weighted by atomic mass is 9.99. The van der Waals surface area contributed by atoms with Crippen molar-refractivity contribution in [2.24, 2.45) is 5.73 Å². The van der Waals surface area contributed by atoms with Crippen LogP contribution in [-0.2, 0) is 71.8 Å². The van der Waals surface area contributed by atoms with Crippen molar-refractivity contribution in [3.05, 3.63) is 0 Å². The molecule has 0 unspecified atom stereocenters. The molecule has 36 heteroatoms. The van der Waals surface area contributed by atoms with Gasteiger partial charge in [-0.15, -0.1) is 0 Å². The van der Waals surface area contributed by atoms with Crippen molar-refractivity contribution in [1.29, 1.82) is 0 Å². The number of amides is 11. The van der Waals surface area contributed by atoms with Gasteiger partial charge in [0.15, 0.2) is 6.04 Å². The highest BCUT2D eigenvalue weighted by atomic mass is 16.6. The first-order valence-corrected chi connectivity index (χ1v) is 28.2. The third kappa shape index (κ3) is 19.4.